The van der Waals surface area contributed by atoms with Gasteiger partial charge in [0.25, 0.3) is 0 Å². The molecule has 0 aliphatic heterocycles. The van der Waals surface area contributed by atoms with Crippen LogP contribution in [-0.4, -0.2) is 30.1 Å². The number of likely N-dealkylation sites (N-methyl/N-ethyl adjacent to an activating group) is 1. The molecule has 3 heteroatoms. The highest BCUT2D eigenvalue weighted by molar-refractivity contribution is 5.30. The Bertz CT molecular complexity index is 375. The van der Waals surface area contributed by atoms with Crippen LogP contribution in [0.4, 0.5) is 0 Å². The third-order valence-electron chi connectivity index (χ3n) is 2.45. The molecule has 0 saturated heterocycles. The van der Waals surface area contributed by atoms with Gasteiger partial charge in [0.05, 0.1) is 18.7 Å². The van der Waals surface area contributed by atoms with Crippen LogP contribution in [0.25, 0.3) is 0 Å². The van der Waals surface area contributed by atoms with Gasteiger partial charge in [0.2, 0.25) is 0 Å². The highest BCUT2D eigenvalue weighted by Crippen LogP contribution is 2.17. The number of hydrogen-bond donors (Lipinski definition) is 1. The highest BCUT2D eigenvalue weighted by atomic mass is 16.3. The second-order valence-corrected chi connectivity index (χ2v) is 4.29. The van der Waals surface area contributed by atoms with Crippen molar-refractivity contribution in [2.75, 3.05) is 20.1 Å². The maximum atomic E-state index is 10.0. The molecule has 1 rings (SSSR count). The number of hydrogen-bond acceptors (Lipinski definition) is 3. The molecule has 1 aromatic rings. The van der Waals surface area contributed by atoms with Crippen LogP contribution in [0.15, 0.2) is 18.2 Å². The molecule has 0 heterocycles. The van der Waals surface area contributed by atoms with Crippen LogP contribution >= 0.6 is 0 Å². The smallest absolute Gasteiger partial charge is 0.0917 e. The molecule has 3 nitrogen and oxygen atoms in total. The average Bonchev–Trinajstić information content (AvgIpc) is 2.16. The molecule has 0 bridgehead atoms. The molecule has 0 fully saturated rings. The van der Waals surface area contributed by atoms with Crippen LogP contribution in [-0.2, 0) is 0 Å². The van der Waals surface area contributed by atoms with E-state index in [-0.39, 0.29) is 0 Å². The molecule has 0 radical (unpaired) electrons. The summed E-state index contributed by atoms with van der Waals surface area (Å²) in [6.45, 7) is 4.85. The van der Waals surface area contributed by atoms with E-state index in [0.717, 1.165) is 16.7 Å². The predicted octanol–water partition coefficient (Wildman–Crippen LogP) is 1.79. The van der Waals surface area contributed by atoms with Gasteiger partial charge in [0.15, 0.2) is 0 Å². The number of nitrogens with zero attached hydrogens (tertiary/aromatic N) is 2. The zero-order valence-electron chi connectivity index (χ0n) is 10.1. The summed E-state index contributed by atoms with van der Waals surface area (Å²) in [5.74, 6) is 0. The van der Waals surface area contributed by atoms with Crippen molar-refractivity contribution in [1.29, 1.82) is 5.26 Å². The predicted molar refractivity (Wildman–Crippen MR) is 64.0 cm³/mol. The van der Waals surface area contributed by atoms with E-state index < -0.39 is 6.10 Å². The first-order chi connectivity index (χ1) is 7.52. The second kappa shape index (κ2) is 5.64. The average molecular weight is 218 g/mol. The third-order valence-corrected chi connectivity index (χ3v) is 2.45. The zero-order chi connectivity index (χ0) is 12.1. The zero-order valence-corrected chi connectivity index (χ0v) is 10.1. The number of aliphatic hydroxyl groups is 1. The first-order valence-electron chi connectivity index (χ1n) is 5.34. The fourth-order valence-corrected chi connectivity index (χ4v) is 1.79. The summed E-state index contributed by atoms with van der Waals surface area (Å²) in [5.41, 5.74) is 3.22. The number of benzene rings is 1. The lowest BCUT2D eigenvalue weighted by Gasteiger charge is -2.18. The van der Waals surface area contributed by atoms with Crippen molar-refractivity contribution in [2.45, 2.75) is 20.0 Å². The fraction of sp³-hybridized carbons (Fsp3) is 0.462. The van der Waals surface area contributed by atoms with Gasteiger partial charge in [-0.3, -0.25) is 4.90 Å². The SMILES string of the molecule is Cc1cc(C)cc(C(O)CN(C)CC#N)c1. The lowest BCUT2D eigenvalue weighted by molar-refractivity contribution is 0.133. The topological polar surface area (TPSA) is 47.3 Å². The van der Waals surface area contributed by atoms with E-state index in [2.05, 4.69) is 12.1 Å². The van der Waals surface area contributed by atoms with Crippen LogP contribution in [0.3, 0.4) is 0 Å². The van der Waals surface area contributed by atoms with E-state index in [4.69, 9.17) is 5.26 Å². The standard InChI is InChI=1S/C13H18N2O/c1-10-6-11(2)8-12(7-10)13(16)9-15(3)5-4-14/h6-8,13,16H,5,9H2,1-3H3. The Labute approximate surface area is 96.9 Å². The van der Waals surface area contributed by atoms with Gasteiger partial charge in [0.1, 0.15) is 0 Å². The summed E-state index contributed by atoms with van der Waals surface area (Å²) in [4.78, 5) is 1.81. The van der Waals surface area contributed by atoms with Gasteiger partial charge in [-0.2, -0.15) is 5.26 Å². The van der Waals surface area contributed by atoms with Gasteiger partial charge in [-0.1, -0.05) is 29.3 Å². The van der Waals surface area contributed by atoms with Crippen molar-refractivity contribution in [3.05, 3.63) is 34.9 Å². The van der Waals surface area contributed by atoms with E-state index in [1.807, 2.05) is 37.9 Å². The minimum absolute atomic E-state index is 0.335. The van der Waals surface area contributed by atoms with E-state index in [9.17, 15) is 5.11 Å². The Morgan fingerprint density at radius 3 is 2.38 bits per heavy atom. The summed E-state index contributed by atoms with van der Waals surface area (Å²) in [6.07, 6.45) is -0.531. The van der Waals surface area contributed by atoms with Crippen LogP contribution in [0.5, 0.6) is 0 Å². The van der Waals surface area contributed by atoms with Crippen molar-refractivity contribution in [1.82, 2.24) is 4.90 Å². The summed E-state index contributed by atoms with van der Waals surface area (Å²) >= 11 is 0. The molecule has 0 aliphatic rings. The molecule has 1 N–H and O–H groups in total. The number of aliphatic hydroxyl groups excluding tert-OH is 1. The molecular weight excluding hydrogens is 200 g/mol. The molecule has 1 atom stereocenters. The lowest BCUT2D eigenvalue weighted by atomic mass is 10.0. The molecule has 0 amide bonds. The van der Waals surface area contributed by atoms with Crippen molar-refractivity contribution >= 4 is 0 Å². The minimum atomic E-state index is -0.531. The molecule has 86 valence electrons. The number of aryl methyl sites for hydroxylation is 2. The summed E-state index contributed by atoms with van der Waals surface area (Å²) < 4.78 is 0. The molecular formula is C13H18N2O. The van der Waals surface area contributed by atoms with E-state index in [1.165, 1.54) is 0 Å². The molecule has 16 heavy (non-hydrogen) atoms. The largest absolute Gasteiger partial charge is 0.387 e. The minimum Gasteiger partial charge on any atom is -0.387 e. The van der Waals surface area contributed by atoms with Crippen molar-refractivity contribution in [3.63, 3.8) is 0 Å². The van der Waals surface area contributed by atoms with E-state index >= 15 is 0 Å². The number of nitriles is 1. The van der Waals surface area contributed by atoms with Gasteiger partial charge in [-0.05, 0) is 26.5 Å². The van der Waals surface area contributed by atoms with E-state index in [1.54, 1.807) is 0 Å². The van der Waals surface area contributed by atoms with Crippen LogP contribution < -0.4 is 0 Å². The Kier molecular flexibility index (Phi) is 4.48. The molecule has 0 saturated carbocycles. The second-order valence-electron chi connectivity index (χ2n) is 4.29. The maximum absolute atomic E-state index is 10.0. The van der Waals surface area contributed by atoms with Crippen molar-refractivity contribution < 1.29 is 5.11 Å². The molecule has 0 aromatic heterocycles. The third kappa shape index (κ3) is 3.65. The Morgan fingerprint density at radius 2 is 1.88 bits per heavy atom. The fourth-order valence-electron chi connectivity index (χ4n) is 1.79. The lowest BCUT2D eigenvalue weighted by Crippen LogP contribution is -2.24. The quantitative estimate of drug-likeness (QED) is 0.784. The maximum Gasteiger partial charge on any atom is 0.0917 e. The number of rotatable bonds is 4. The molecule has 0 spiro atoms. The molecule has 1 aromatic carbocycles. The van der Waals surface area contributed by atoms with Crippen molar-refractivity contribution in [3.8, 4) is 6.07 Å². The summed E-state index contributed by atoms with van der Waals surface area (Å²) in [6, 6.07) is 8.11. The first kappa shape index (κ1) is 12.7. The summed E-state index contributed by atoms with van der Waals surface area (Å²) in [7, 11) is 1.83. The van der Waals surface area contributed by atoms with Gasteiger partial charge in [-0.15, -0.1) is 0 Å². The monoisotopic (exact) mass is 218 g/mol. The van der Waals surface area contributed by atoms with Gasteiger partial charge >= 0.3 is 0 Å². The summed E-state index contributed by atoms with van der Waals surface area (Å²) in [5, 5.41) is 18.6. The van der Waals surface area contributed by atoms with Crippen LogP contribution in [0, 0.1) is 25.2 Å². The Hall–Kier alpha value is -1.37. The van der Waals surface area contributed by atoms with Gasteiger partial charge in [-0.25, -0.2) is 0 Å². The van der Waals surface area contributed by atoms with Gasteiger partial charge < -0.3 is 5.11 Å². The molecule has 1 unspecified atom stereocenters. The van der Waals surface area contributed by atoms with E-state index in [0.29, 0.717) is 13.1 Å². The molecule has 0 aliphatic carbocycles. The normalized spacial score (nSPS) is 12.5. The Morgan fingerprint density at radius 1 is 1.31 bits per heavy atom. The Balaban J connectivity index is 2.73. The van der Waals surface area contributed by atoms with Crippen LogP contribution in [0.1, 0.15) is 22.8 Å². The van der Waals surface area contributed by atoms with Gasteiger partial charge in [0, 0.05) is 6.54 Å². The highest BCUT2D eigenvalue weighted by Gasteiger charge is 2.11. The van der Waals surface area contributed by atoms with Crippen LogP contribution in [0.2, 0.25) is 0 Å². The van der Waals surface area contributed by atoms with Crippen molar-refractivity contribution in [2.24, 2.45) is 0 Å². The first-order valence-corrected chi connectivity index (χ1v) is 5.34.